The van der Waals surface area contributed by atoms with Crippen molar-refractivity contribution < 1.29 is 19.2 Å². The van der Waals surface area contributed by atoms with Gasteiger partial charge < -0.3 is 15.4 Å². The molecule has 1 unspecified atom stereocenters. The number of halogens is 1. The molecule has 134 valence electrons. The normalized spacial score (nSPS) is 11.3. The van der Waals surface area contributed by atoms with Crippen LogP contribution in [0.5, 0.6) is 0 Å². The van der Waals surface area contributed by atoms with E-state index in [0.29, 0.717) is 0 Å². The highest BCUT2D eigenvalue weighted by atomic mass is 35.5. The summed E-state index contributed by atoms with van der Waals surface area (Å²) < 4.78 is 5.07. The van der Waals surface area contributed by atoms with E-state index in [9.17, 15) is 19.7 Å². The van der Waals surface area contributed by atoms with Crippen molar-refractivity contribution in [2.45, 2.75) is 32.4 Å². The lowest BCUT2D eigenvalue weighted by molar-refractivity contribution is -0.385. The molecule has 1 atom stereocenters. The quantitative estimate of drug-likeness (QED) is 0.415. The molecule has 9 heteroatoms. The summed E-state index contributed by atoms with van der Waals surface area (Å²) in [4.78, 5) is 34.3. The fraction of sp³-hybridized carbons (Fsp3) is 0.467. The Morgan fingerprint density at radius 2 is 1.92 bits per heavy atom. The van der Waals surface area contributed by atoms with E-state index in [1.807, 2.05) is 0 Å². The molecule has 1 aromatic rings. The zero-order valence-electron chi connectivity index (χ0n) is 13.8. The number of hydrogen-bond donors (Lipinski definition) is 2. The minimum atomic E-state index is -0.830. The van der Waals surface area contributed by atoms with Crippen molar-refractivity contribution >= 4 is 30.0 Å². The maximum absolute atomic E-state index is 11.9. The standard InChI is InChI=1S/C15H21N3O5.ClH/c1-10(2)23-15(20)8-12(17-14(19)9-16-3)11-6-4-5-7-13(11)18(21)22;/h4-7,10,12,16H,8-9H2,1-3H3,(H,17,19);1H. The molecule has 2 N–H and O–H groups in total. The fourth-order valence-corrected chi connectivity index (χ4v) is 2.07. The Kier molecular flexibility index (Phi) is 9.60. The molecule has 0 bridgehead atoms. The van der Waals surface area contributed by atoms with E-state index in [-0.39, 0.29) is 48.6 Å². The molecule has 24 heavy (non-hydrogen) atoms. The van der Waals surface area contributed by atoms with Gasteiger partial charge in [-0.05, 0) is 20.9 Å². The summed E-state index contributed by atoms with van der Waals surface area (Å²) in [7, 11) is 1.60. The van der Waals surface area contributed by atoms with E-state index in [1.165, 1.54) is 18.2 Å². The van der Waals surface area contributed by atoms with Crippen LogP contribution in [0.25, 0.3) is 0 Å². The summed E-state index contributed by atoms with van der Waals surface area (Å²) in [6.45, 7) is 3.45. The summed E-state index contributed by atoms with van der Waals surface area (Å²) in [5.74, 6) is -0.902. The van der Waals surface area contributed by atoms with Crippen LogP contribution in [0.1, 0.15) is 31.9 Å². The smallest absolute Gasteiger partial charge is 0.308 e. The summed E-state index contributed by atoms with van der Waals surface area (Å²) in [6.07, 6.45) is -0.486. The Morgan fingerprint density at radius 1 is 1.29 bits per heavy atom. The van der Waals surface area contributed by atoms with Gasteiger partial charge in [-0.25, -0.2) is 0 Å². The number of para-hydroxylation sites is 1. The zero-order chi connectivity index (χ0) is 17.4. The van der Waals surface area contributed by atoms with Gasteiger partial charge in [0, 0.05) is 6.07 Å². The molecule has 0 radical (unpaired) electrons. The number of nitrogens with one attached hydrogen (secondary N) is 2. The Morgan fingerprint density at radius 3 is 2.46 bits per heavy atom. The van der Waals surface area contributed by atoms with Gasteiger partial charge in [0.1, 0.15) is 0 Å². The highest BCUT2D eigenvalue weighted by molar-refractivity contribution is 5.85. The molecule has 0 spiro atoms. The van der Waals surface area contributed by atoms with Gasteiger partial charge in [0.15, 0.2) is 0 Å². The van der Waals surface area contributed by atoms with Crippen molar-refractivity contribution in [1.29, 1.82) is 0 Å². The average Bonchev–Trinajstić information content (AvgIpc) is 2.45. The molecular weight excluding hydrogens is 338 g/mol. The largest absolute Gasteiger partial charge is 0.463 e. The van der Waals surface area contributed by atoms with Crippen LogP contribution in [0.4, 0.5) is 5.69 Å². The number of carbonyl (C=O) groups is 2. The predicted molar refractivity (Wildman–Crippen MR) is 91.0 cm³/mol. The van der Waals surface area contributed by atoms with E-state index < -0.39 is 16.9 Å². The first-order chi connectivity index (χ1) is 10.8. The van der Waals surface area contributed by atoms with Crippen molar-refractivity contribution in [1.82, 2.24) is 10.6 Å². The molecule has 0 aliphatic carbocycles. The lowest BCUT2D eigenvalue weighted by Gasteiger charge is -2.19. The Labute approximate surface area is 146 Å². The number of ether oxygens (including phenoxy) is 1. The summed E-state index contributed by atoms with van der Waals surface area (Å²) in [6, 6.07) is 5.17. The first-order valence-corrected chi connectivity index (χ1v) is 7.22. The average molecular weight is 360 g/mol. The first-order valence-electron chi connectivity index (χ1n) is 7.22. The third kappa shape index (κ3) is 6.93. The highest BCUT2D eigenvalue weighted by Crippen LogP contribution is 2.27. The Hall–Kier alpha value is -2.19. The lowest BCUT2D eigenvalue weighted by Crippen LogP contribution is -2.36. The third-order valence-corrected chi connectivity index (χ3v) is 2.92. The van der Waals surface area contributed by atoms with Crippen molar-refractivity contribution in [2.75, 3.05) is 13.6 Å². The van der Waals surface area contributed by atoms with Crippen LogP contribution in [0.2, 0.25) is 0 Å². The monoisotopic (exact) mass is 359 g/mol. The maximum atomic E-state index is 11.9. The molecule has 1 amide bonds. The number of carbonyl (C=O) groups excluding carboxylic acids is 2. The van der Waals surface area contributed by atoms with Crippen LogP contribution in [0, 0.1) is 10.1 Å². The topological polar surface area (TPSA) is 111 Å². The fourth-order valence-electron chi connectivity index (χ4n) is 2.07. The molecule has 0 fully saturated rings. The molecule has 0 heterocycles. The zero-order valence-corrected chi connectivity index (χ0v) is 14.6. The second-order valence-electron chi connectivity index (χ2n) is 5.21. The number of esters is 1. The minimum Gasteiger partial charge on any atom is -0.463 e. The minimum absolute atomic E-state index is 0. The first kappa shape index (κ1) is 21.8. The number of benzene rings is 1. The lowest BCUT2D eigenvalue weighted by atomic mass is 10.0. The van der Waals surface area contributed by atoms with Crippen LogP contribution < -0.4 is 10.6 Å². The van der Waals surface area contributed by atoms with Crippen LogP contribution in [-0.4, -0.2) is 36.5 Å². The van der Waals surface area contributed by atoms with Gasteiger partial charge in [-0.15, -0.1) is 12.4 Å². The van der Waals surface area contributed by atoms with Crippen LogP contribution in [0.15, 0.2) is 24.3 Å². The van der Waals surface area contributed by atoms with Gasteiger partial charge in [-0.2, -0.15) is 0 Å². The Bertz CT molecular complexity index is 580. The molecule has 0 aromatic heterocycles. The molecule has 8 nitrogen and oxygen atoms in total. The summed E-state index contributed by atoms with van der Waals surface area (Å²) in [5, 5.41) is 16.5. The summed E-state index contributed by atoms with van der Waals surface area (Å²) in [5.41, 5.74) is 0.113. The number of rotatable bonds is 8. The van der Waals surface area contributed by atoms with Crippen LogP contribution in [0.3, 0.4) is 0 Å². The van der Waals surface area contributed by atoms with E-state index in [4.69, 9.17) is 4.74 Å². The maximum Gasteiger partial charge on any atom is 0.308 e. The van der Waals surface area contributed by atoms with Crippen molar-refractivity contribution in [2.24, 2.45) is 0 Å². The SMILES string of the molecule is CNCC(=O)NC(CC(=O)OC(C)C)c1ccccc1[N+](=O)[O-].Cl. The van der Waals surface area contributed by atoms with Crippen LogP contribution >= 0.6 is 12.4 Å². The number of nitrogens with zero attached hydrogens (tertiary/aromatic N) is 1. The molecule has 1 rings (SSSR count). The van der Waals surface area contributed by atoms with Crippen molar-refractivity contribution in [3.63, 3.8) is 0 Å². The molecule has 0 aliphatic rings. The predicted octanol–water partition coefficient (Wildman–Crippen LogP) is 1.73. The number of hydrogen-bond acceptors (Lipinski definition) is 6. The third-order valence-electron chi connectivity index (χ3n) is 2.92. The van der Waals surface area contributed by atoms with Gasteiger partial charge in [0.05, 0.1) is 35.6 Å². The van der Waals surface area contributed by atoms with E-state index in [0.717, 1.165) is 0 Å². The number of amides is 1. The van der Waals surface area contributed by atoms with E-state index in [2.05, 4.69) is 10.6 Å². The molecule has 0 aliphatic heterocycles. The number of likely N-dealkylation sites (N-methyl/N-ethyl adjacent to an activating group) is 1. The second-order valence-corrected chi connectivity index (χ2v) is 5.21. The number of nitro benzene ring substituents is 1. The van der Waals surface area contributed by atoms with Gasteiger partial charge in [-0.1, -0.05) is 18.2 Å². The molecule has 0 saturated heterocycles. The molecule has 1 aromatic carbocycles. The van der Waals surface area contributed by atoms with E-state index in [1.54, 1.807) is 27.0 Å². The van der Waals surface area contributed by atoms with Gasteiger partial charge in [-0.3, -0.25) is 19.7 Å². The summed E-state index contributed by atoms with van der Waals surface area (Å²) >= 11 is 0. The van der Waals surface area contributed by atoms with Crippen LogP contribution in [-0.2, 0) is 14.3 Å². The highest BCUT2D eigenvalue weighted by Gasteiger charge is 2.26. The number of nitro groups is 1. The molecular formula is C15H22ClN3O5. The molecule has 0 saturated carbocycles. The van der Waals surface area contributed by atoms with E-state index >= 15 is 0 Å². The van der Waals surface area contributed by atoms with Gasteiger partial charge in [0.25, 0.3) is 5.69 Å². The van der Waals surface area contributed by atoms with Crippen molar-refractivity contribution in [3.05, 3.63) is 39.9 Å². The second kappa shape index (κ2) is 10.6. The van der Waals surface area contributed by atoms with Crippen molar-refractivity contribution in [3.8, 4) is 0 Å². The van der Waals surface area contributed by atoms with Gasteiger partial charge in [0.2, 0.25) is 5.91 Å². The Balaban J connectivity index is 0.00000529. The van der Waals surface area contributed by atoms with Gasteiger partial charge >= 0.3 is 5.97 Å².